The minimum atomic E-state index is -0.285. The van der Waals surface area contributed by atoms with Crippen molar-refractivity contribution in [1.29, 1.82) is 10.5 Å². The van der Waals surface area contributed by atoms with E-state index in [9.17, 15) is 4.79 Å². The molecule has 0 atom stereocenters. The molecule has 20 heavy (non-hydrogen) atoms. The van der Waals surface area contributed by atoms with Crippen molar-refractivity contribution in [3.8, 4) is 12.1 Å². The summed E-state index contributed by atoms with van der Waals surface area (Å²) in [4.78, 5) is 12.3. The van der Waals surface area contributed by atoms with Crippen LogP contribution in [0.1, 0.15) is 27.9 Å². The molecule has 0 aliphatic heterocycles. The topological polar surface area (TPSA) is 69.6 Å². The van der Waals surface area contributed by atoms with Crippen molar-refractivity contribution < 1.29 is 0 Å². The van der Waals surface area contributed by atoms with Gasteiger partial charge in [-0.05, 0) is 43.2 Å². The van der Waals surface area contributed by atoms with Crippen LogP contribution in [0.15, 0.2) is 35.1 Å². The van der Waals surface area contributed by atoms with E-state index in [2.05, 4.69) is 6.07 Å². The van der Waals surface area contributed by atoms with E-state index in [1.54, 1.807) is 29.7 Å². The van der Waals surface area contributed by atoms with Gasteiger partial charge in [0.15, 0.2) is 0 Å². The Kier molecular flexibility index (Phi) is 3.68. The van der Waals surface area contributed by atoms with E-state index in [0.29, 0.717) is 17.7 Å². The normalized spacial score (nSPS) is 9.80. The number of aryl methyl sites for hydroxylation is 2. The molecule has 98 valence electrons. The lowest BCUT2D eigenvalue weighted by Gasteiger charge is -2.12. The lowest BCUT2D eigenvalue weighted by molar-refractivity contribution is 0.724. The molecule has 2 aromatic rings. The minimum Gasteiger partial charge on any atom is -0.307 e. The largest absolute Gasteiger partial charge is 0.307 e. The fraction of sp³-hybridized carbons (Fsp3) is 0.188. The third-order valence-electron chi connectivity index (χ3n) is 3.21. The van der Waals surface area contributed by atoms with Gasteiger partial charge in [-0.25, -0.2) is 0 Å². The molecule has 0 spiro atoms. The Bertz CT molecular complexity index is 804. The number of nitriles is 2. The Hall–Kier alpha value is -2.85. The molecule has 0 saturated heterocycles. The van der Waals surface area contributed by atoms with Crippen molar-refractivity contribution in [3.63, 3.8) is 0 Å². The first-order chi connectivity index (χ1) is 9.56. The zero-order valence-electron chi connectivity index (χ0n) is 11.3. The number of hydrogen-bond acceptors (Lipinski definition) is 3. The molecule has 0 bridgehead atoms. The van der Waals surface area contributed by atoms with Gasteiger partial charge >= 0.3 is 0 Å². The maximum atomic E-state index is 12.3. The minimum absolute atomic E-state index is 0.173. The summed E-state index contributed by atoms with van der Waals surface area (Å²) in [5.74, 6) is 0. The van der Waals surface area contributed by atoms with Gasteiger partial charge in [-0.15, -0.1) is 0 Å². The number of aromatic nitrogens is 1. The van der Waals surface area contributed by atoms with Crippen LogP contribution in [-0.2, 0) is 6.54 Å². The number of hydrogen-bond donors (Lipinski definition) is 0. The Balaban J connectivity index is 2.52. The van der Waals surface area contributed by atoms with Crippen molar-refractivity contribution in [3.05, 3.63) is 68.6 Å². The Morgan fingerprint density at radius 2 is 1.90 bits per heavy atom. The van der Waals surface area contributed by atoms with Gasteiger partial charge in [-0.3, -0.25) is 4.79 Å². The molecule has 0 N–H and O–H groups in total. The van der Waals surface area contributed by atoms with Crippen molar-refractivity contribution in [2.24, 2.45) is 0 Å². The van der Waals surface area contributed by atoms with E-state index in [1.807, 2.05) is 25.1 Å². The summed E-state index contributed by atoms with van der Waals surface area (Å²) < 4.78 is 1.56. The van der Waals surface area contributed by atoms with Crippen LogP contribution >= 0.6 is 0 Å². The highest BCUT2D eigenvalue weighted by Gasteiger charge is 2.10. The third kappa shape index (κ3) is 2.46. The second kappa shape index (κ2) is 5.42. The number of rotatable bonds is 2. The molecule has 0 aliphatic carbocycles. The third-order valence-corrected chi connectivity index (χ3v) is 3.21. The molecule has 1 heterocycles. The molecular formula is C16H13N3O. The smallest absolute Gasteiger partial charge is 0.269 e. The second-order valence-electron chi connectivity index (χ2n) is 4.66. The van der Waals surface area contributed by atoms with Crippen LogP contribution in [0.2, 0.25) is 0 Å². The van der Waals surface area contributed by atoms with E-state index in [1.165, 1.54) is 0 Å². The average molecular weight is 263 g/mol. The van der Waals surface area contributed by atoms with Gasteiger partial charge in [-0.2, -0.15) is 10.5 Å². The second-order valence-corrected chi connectivity index (χ2v) is 4.66. The number of nitrogens with zero attached hydrogens (tertiary/aromatic N) is 3. The zero-order chi connectivity index (χ0) is 14.7. The standard InChI is InChI=1S/C16H13N3O/c1-11-6-12(2)19(16(20)15(11)9-18)10-14-5-3-4-13(7-14)8-17/h3-7H,10H2,1-2H3. The van der Waals surface area contributed by atoms with Crippen molar-refractivity contribution in [2.45, 2.75) is 20.4 Å². The molecule has 2 rings (SSSR count). The van der Waals surface area contributed by atoms with Gasteiger partial charge in [0.1, 0.15) is 11.6 Å². The molecule has 4 nitrogen and oxygen atoms in total. The summed E-state index contributed by atoms with van der Waals surface area (Å²) in [5.41, 5.74) is 2.80. The highest BCUT2D eigenvalue weighted by Crippen LogP contribution is 2.10. The molecule has 0 amide bonds. The van der Waals surface area contributed by atoms with Crippen LogP contribution in [0.3, 0.4) is 0 Å². The summed E-state index contributed by atoms with van der Waals surface area (Å²) >= 11 is 0. The highest BCUT2D eigenvalue weighted by atomic mass is 16.1. The first-order valence-corrected chi connectivity index (χ1v) is 6.17. The number of benzene rings is 1. The van der Waals surface area contributed by atoms with Crippen molar-refractivity contribution in [1.82, 2.24) is 4.57 Å². The van der Waals surface area contributed by atoms with E-state index in [4.69, 9.17) is 10.5 Å². The van der Waals surface area contributed by atoms with Gasteiger partial charge in [0, 0.05) is 5.69 Å². The average Bonchev–Trinajstić information content (AvgIpc) is 2.44. The maximum Gasteiger partial charge on any atom is 0.269 e. The van der Waals surface area contributed by atoms with Crippen LogP contribution in [0, 0.1) is 36.5 Å². The number of pyridine rings is 1. The molecular weight excluding hydrogens is 250 g/mol. The molecule has 0 aliphatic rings. The quantitative estimate of drug-likeness (QED) is 0.834. The Labute approximate surface area is 117 Å². The van der Waals surface area contributed by atoms with Crippen LogP contribution < -0.4 is 5.56 Å². The Morgan fingerprint density at radius 1 is 1.15 bits per heavy atom. The van der Waals surface area contributed by atoms with E-state index in [0.717, 1.165) is 11.3 Å². The molecule has 1 aromatic carbocycles. The molecule has 1 aromatic heterocycles. The van der Waals surface area contributed by atoms with Crippen LogP contribution in [0.5, 0.6) is 0 Å². The molecule has 0 fully saturated rings. The predicted molar refractivity (Wildman–Crippen MR) is 75.2 cm³/mol. The van der Waals surface area contributed by atoms with Crippen LogP contribution in [0.4, 0.5) is 0 Å². The summed E-state index contributed by atoms with van der Waals surface area (Å²) in [7, 11) is 0. The van der Waals surface area contributed by atoms with Crippen molar-refractivity contribution in [2.75, 3.05) is 0 Å². The molecule has 0 radical (unpaired) electrons. The van der Waals surface area contributed by atoms with E-state index < -0.39 is 0 Å². The SMILES string of the molecule is Cc1cc(C)n(Cc2cccc(C#N)c2)c(=O)c1C#N. The van der Waals surface area contributed by atoms with Crippen molar-refractivity contribution >= 4 is 0 Å². The van der Waals surface area contributed by atoms with Crippen LogP contribution in [-0.4, -0.2) is 4.57 Å². The lowest BCUT2D eigenvalue weighted by Crippen LogP contribution is -2.26. The maximum absolute atomic E-state index is 12.3. The van der Waals surface area contributed by atoms with Gasteiger partial charge in [-0.1, -0.05) is 12.1 Å². The van der Waals surface area contributed by atoms with E-state index in [-0.39, 0.29) is 11.1 Å². The molecule has 4 heteroatoms. The fourth-order valence-electron chi connectivity index (χ4n) is 2.18. The molecule has 0 saturated carbocycles. The summed E-state index contributed by atoms with van der Waals surface area (Å²) in [6, 6.07) is 13.0. The van der Waals surface area contributed by atoms with Gasteiger partial charge in [0.05, 0.1) is 18.2 Å². The van der Waals surface area contributed by atoms with Gasteiger partial charge in [0.2, 0.25) is 0 Å². The summed E-state index contributed by atoms with van der Waals surface area (Å²) in [6.07, 6.45) is 0. The predicted octanol–water partition coefficient (Wildman–Crippen LogP) is 2.26. The monoisotopic (exact) mass is 263 g/mol. The van der Waals surface area contributed by atoms with Crippen LogP contribution in [0.25, 0.3) is 0 Å². The Morgan fingerprint density at radius 3 is 2.55 bits per heavy atom. The molecule has 0 unspecified atom stereocenters. The van der Waals surface area contributed by atoms with Gasteiger partial charge in [0.25, 0.3) is 5.56 Å². The van der Waals surface area contributed by atoms with E-state index >= 15 is 0 Å². The van der Waals surface area contributed by atoms with Gasteiger partial charge < -0.3 is 4.57 Å². The lowest BCUT2D eigenvalue weighted by atomic mass is 10.1. The fourth-order valence-corrected chi connectivity index (χ4v) is 2.18. The first-order valence-electron chi connectivity index (χ1n) is 6.17. The zero-order valence-corrected chi connectivity index (χ0v) is 11.3. The summed E-state index contributed by atoms with van der Waals surface area (Å²) in [6.45, 7) is 3.95. The summed E-state index contributed by atoms with van der Waals surface area (Å²) in [5, 5.41) is 18.0. The first kappa shape index (κ1) is 13.6. The highest BCUT2D eigenvalue weighted by molar-refractivity contribution is 5.37.